The minimum Gasteiger partial charge on any atom is -0.439 e. The van der Waals surface area contributed by atoms with Crippen LogP contribution >= 0.6 is 0 Å². The lowest BCUT2D eigenvalue weighted by Gasteiger charge is -2.35. The number of nitrogens with one attached hydrogen (secondary N) is 1. The van der Waals surface area contributed by atoms with Crippen LogP contribution in [0.1, 0.15) is 18.0 Å². The van der Waals surface area contributed by atoms with Crippen molar-refractivity contribution in [3.63, 3.8) is 0 Å². The van der Waals surface area contributed by atoms with Crippen molar-refractivity contribution in [3.05, 3.63) is 91.1 Å². The summed E-state index contributed by atoms with van der Waals surface area (Å²) in [4.78, 5) is 16.0. The lowest BCUT2D eigenvalue weighted by atomic mass is 9.98. The first kappa shape index (κ1) is 20.6. The summed E-state index contributed by atoms with van der Waals surface area (Å²) < 4.78 is 33.7. The number of anilines is 1. The standard InChI is InChI=1S/C23H21N3O4S/c1-2-22(27)25-20-14-15-26(21-11-7-6-10-19(20)21)31(28,29)18-12-13-23(24-16-18)30-17-8-4-3-5-9-17/h2-13,16,20H,1,14-15H2,(H,25,27). The number of pyridine rings is 1. The van der Waals surface area contributed by atoms with E-state index in [1.165, 1.54) is 28.7 Å². The number of benzene rings is 2. The van der Waals surface area contributed by atoms with Gasteiger partial charge in [0.2, 0.25) is 11.8 Å². The molecule has 2 aromatic carbocycles. The maximum absolute atomic E-state index is 13.3. The first-order valence-electron chi connectivity index (χ1n) is 9.72. The Balaban J connectivity index is 1.60. The molecule has 1 atom stereocenters. The van der Waals surface area contributed by atoms with Crippen LogP contribution in [0.2, 0.25) is 0 Å². The van der Waals surface area contributed by atoms with E-state index in [1.807, 2.05) is 30.3 Å². The van der Waals surface area contributed by atoms with Crippen molar-refractivity contribution < 1.29 is 17.9 Å². The number of hydrogen-bond acceptors (Lipinski definition) is 5. The first-order valence-corrected chi connectivity index (χ1v) is 11.2. The van der Waals surface area contributed by atoms with Crippen LogP contribution < -0.4 is 14.4 Å². The predicted molar refractivity (Wildman–Crippen MR) is 117 cm³/mol. The molecule has 31 heavy (non-hydrogen) atoms. The van der Waals surface area contributed by atoms with E-state index >= 15 is 0 Å². The number of carbonyl (C=O) groups excluding carboxylic acids is 1. The van der Waals surface area contributed by atoms with Gasteiger partial charge in [0.1, 0.15) is 10.6 Å². The molecule has 1 aliphatic heterocycles. The zero-order valence-electron chi connectivity index (χ0n) is 16.6. The number of aromatic nitrogens is 1. The van der Waals surface area contributed by atoms with Gasteiger partial charge < -0.3 is 10.1 Å². The van der Waals surface area contributed by atoms with E-state index in [0.717, 1.165) is 5.56 Å². The third-order valence-corrected chi connectivity index (χ3v) is 6.76. The molecule has 1 N–H and O–H groups in total. The molecule has 1 aliphatic rings. The molecule has 0 radical (unpaired) electrons. The Morgan fingerprint density at radius 2 is 1.84 bits per heavy atom. The average molecular weight is 436 g/mol. The molecule has 158 valence electrons. The molecule has 3 aromatic rings. The Bertz CT molecular complexity index is 1200. The molecular weight excluding hydrogens is 414 g/mol. The number of fused-ring (bicyclic) bond motifs is 1. The van der Waals surface area contributed by atoms with Crippen LogP contribution in [0, 0.1) is 0 Å². The Morgan fingerprint density at radius 1 is 1.10 bits per heavy atom. The fourth-order valence-electron chi connectivity index (χ4n) is 3.48. The second kappa shape index (κ2) is 8.61. The third-order valence-electron chi connectivity index (χ3n) is 4.97. The van der Waals surface area contributed by atoms with Crippen LogP contribution in [0.4, 0.5) is 5.69 Å². The number of ether oxygens (including phenoxy) is 1. The molecule has 1 amide bonds. The van der Waals surface area contributed by atoms with Gasteiger partial charge in [-0.3, -0.25) is 9.10 Å². The molecule has 0 saturated carbocycles. The van der Waals surface area contributed by atoms with E-state index in [9.17, 15) is 13.2 Å². The van der Waals surface area contributed by atoms with Crippen LogP contribution in [0.15, 0.2) is 90.5 Å². The van der Waals surface area contributed by atoms with Gasteiger partial charge in [-0.2, -0.15) is 0 Å². The van der Waals surface area contributed by atoms with Crippen LogP contribution in [0.25, 0.3) is 0 Å². The van der Waals surface area contributed by atoms with Crippen molar-refractivity contribution in [2.75, 3.05) is 10.8 Å². The molecule has 4 rings (SSSR count). The molecule has 0 saturated heterocycles. The zero-order chi connectivity index (χ0) is 21.8. The van der Waals surface area contributed by atoms with Crippen LogP contribution in [0.5, 0.6) is 11.6 Å². The highest BCUT2D eigenvalue weighted by atomic mass is 32.2. The van der Waals surface area contributed by atoms with Crippen molar-refractivity contribution in [1.82, 2.24) is 10.3 Å². The Morgan fingerprint density at radius 3 is 2.55 bits per heavy atom. The quantitative estimate of drug-likeness (QED) is 0.595. The first-order chi connectivity index (χ1) is 15.0. The number of rotatable bonds is 6. The van der Waals surface area contributed by atoms with Crippen molar-refractivity contribution >= 4 is 21.6 Å². The minimum absolute atomic E-state index is 0.0660. The Kier molecular flexibility index (Phi) is 5.73. The smallest absolute Gasteiger partial charge is 0.265 e. The van der Waals surface area contributed by atoms with Gasteiger partial charge in [-0.1, -0.05) is 43.0 Å². The lowest BCUT2D eigenvalue weighted by molar-refractivity contribution is -0.117. The van der Waals surface area contributed by atoms with Gasteiger partial charge in [-0.05, 0) is 42.3 Å². The molecule has 0 fully saturated rings. The SMILES string of the molecule is C=CC(=O)NC1CCN(S(=O)(=O)c2ccc(Oc3ccccc3)nc2)c2ccccc21. The Labute approximate surface area is 181 Å². The van der Waals surface area contributed by atoms with Crippen molar-refractivity contribution in [3.8, 4) is 11.6 Å². The summed E-state index contributed by atoms with van der Waals surface area (Å²) >= 11 is 0. The van der Waals surface area contributed by atoms with Gasteiger partial charge in [0, 0.05) is 12.6 Å². The average Bonchev–Trinajstić information content (AvgIpc) is 2.80. The molecule has 1 aromatic heterocycles. The highest BCUT2D eigenvalue weighted by Crippen LogP contribution is 2.37. The van der Waals surface area contributed by atoms with E-state index in [0.29, 0.717) is 23.7 Å². The van der Waals surface area contributed by atoms with Gasteiger partial charge in [-0.15, -0.1) is 0 Å². The second-order valence-corrected chi connectivity index (χ2v) is 8.80. The van der Waals surface area contributed by atoms with E-state index in [-0.39, 0.29) is 23.4 Å². The number of sulfonamides is 1. The van der Waals surface area contributed by atoms with Crippen LogP contribution in [-0.4, -0.2) is 25.9 Å². The van der Waals surface area contributed by atoms with Gasteiger partial charge in [0.05, 0.1) is 17.9 Å². The van der Waals surface area contributed by atoms with Crippen LogP contribution in [-0.2, 0) is 14.8 Å². The van der Waals surface area contributed by atoms with Gasteiger partial charge in [0.25, 0.3) is 10.0 Å². The largest absolute Gasteiger partial charge is 0.439 e. The summed E-state index contributed by atoms with van der Waals surface area (Å²) in [5, 5.41) is 2.86. The van der Waals surface area contributed by atoms with E-state index in [2.05, 4.69) is 16.9 Å². The summed E-state index contributed by atoms with van der Waals surface area (Å²) in [7, 11) is -3.84. The molecular formula is C23H21N3O4S. The van der Waals surface area contributed by atoms with Crippen molar-refractivity contribution in [2.24, 2.45) is 0 Å². The highest BCUT2D eigenvalue weighted by molar-refractivity contribution is 7.92. The van der Waals surface area contributed by atoms with Crippen LogP contribution in [0.3, 0.4) is 0 Å². The molecule has 8 heteroatoms. The molecule has 1 unspecified atom stereocenters. The maximum Gasteiger partial charge on any atom is 0.265 e. The van der Waals surface area contributed by atoms with Gasteiger partial charge in [0.15, 0.2) is 0 Å². The van der Waals surface area contributed by atoms with E-state index in [4.69, 9.17) is 4.74 Å². The number of hydrogen-bond donors (Lipinski definition) is 1. The summed E-state index contributed by atoms with van der Waals surface area (Å²) in [6, 6.07) is 19.0. The molecule has 0 bridgehead atoms. The number of carbonyl (C=O) groups is 1. The summed E-state index contributed by atoms with van der Waals surface area (Å²) in [5.41, 5.74) is 1.28. The normalized spacial score (nSPS) is 15.6. The van der Waals surface area contributed by atoms with Gasteiger partial charge >= 0.3 is 0 Å². The summed E-state index contributed by atoms with van der Waals surface area (Å²) in [5.74, 6) is 0.619. The monoisotopic (exact) mass is 435 g/mol. The molecule has 0 spiro atoms. The van der Waals surface area contributed by atoms with E-state index < -0.39 is 10.0 Å². The van der Waals surface area contributed by atoms with Gasteiger partial charge in [-0.25, -0.2) is 13.4 Å². The van der Waals surface area contributed by atoms with E-state index in [1.54, 1.807) is 24.3 Å². The predicted octanol–water partition coefficient (Wildman–Crippen LogP) is 3.82. The second-order valence-electron chi connectivity index (χ2n) is 6.94. The fourth-order valence-corrected chi connectivity index (χ4v) is 4.93. The maximum atomic E-state index is 13.3. The fraction of sp³-hybridized carbons (Fsp3) is 0.130. The van der Waals surface area contributed by atoms with Crippen molar-refractivity contribution in [1.29, 1.82) is 0 Å². The third kappa shape index (κ3) is 4.29. The Hall–Kier alpha value is -3.65. The molecule has 7 nitrogen and oxygen atoms in total. The number of para-hydroxylation sites is 2. The summed E-state index contributed by atoms with van der Waals surface area (Å²) in [6.45, 7) is 3.70. The summed E-state index contributed by atoms with van der Waals surface area (Å²) in [6.07, 6.45) is 2.94. The topological polar surface area (TPSA) is 88.6 Å². The lowest BCUT2D eigenvalue weighted by Crippen LogP contribution is -2.40. The highest BCUT2D eigenvalue weighted by Gasteiger charge is 2.33. The zero-order valence-corrected chi connectivity index (χ0v) is 17.5. The van der Waals surface area contributed by atoms with Crippen molar-refractivity contribution in [2.45, 2.75) is 17.4 Å². The molecule has 0 aliphatic carbocycles. The number of nitrogens with zero attached hydrogens (tertiary/aromatic N) is 2. The minimum atomic E-state index is -3.84. The number of amides is 1. The molecule has 2 heterocycles.